The van der Waals surface area contributed by atoms with Gasteiger partial charge in [0.25, 0.3) is 0 Å². The van der Waals surface area contributed by atoms with Gasteiger partial charge in [0, 0.05) is 74.3 Å². The lowest BCUT2D eigenvalue weighted by atomic mass is 10.1. The number of likely N-dealkylation sites (N-methyl/N-ethyl adjacent to an activating group) is 1. The van der Waals surface area contributed by atoms with Gasteiger partial charge in [-0.3, -0.25) is 9.59 Å². The van der Waals surface area contributed by atoms with E-state index in [-0.39, 0.29) is 24.3 Å². The highest BCUT2D eigenvalue weighted by atomic mass is 16.2. The number of urea groups is 1. The molecule has 2 heterocycles. The number of amides is 3. The molecule has 0 bridgehead atoms. The van der Waals surface area contributed by atoms with Crippen molar-refractivity contribution in [2.24, 2.45) is 0 Å². The van der Waals surface area contributed by atoms with Crippen molar-refractivity contribution in [3.63, 3.8) is 0 Å². The van der Waals surface area contributed by atoms with Gasteiger partial charge in [-0.2, -0.15) is 0 Å². The van der Waals surface area contributed by atoms with Crippen LogP contribution in [0.4, 0.5) is 16.2 Å². The number of aromatic nitrogens is 1. The molecule has 3 aromatic rings. The van der Waals surface area contributed by atoms with E-state index in [1.165, 1.54) is 0 Å². The van der Waals surface area contributed by atoms with Crippen LogP contribution in [0.15, 0.2) is 54.7 Å². The van der Waals surface area contributed by atoms with Crippen LogP contribution in [0.25, 0.3) is 10.9 Å². The monoisotopic (exact) mass is 447 g/mol. The van der Waals surface area contributed by atoms with Gasteiger partial charge >= 0.3 is 6.03 Å². The topological polar surface area (TPSA) is 77.9 Å². The third-order valence-electron chi connectivity index (χ3n) is 6.03. The third kappa shape index (κ3) is 5.00. The molecule has 4 rings (SSSR count). The minimum atomic E-state index is -0.122. The van der Waals surface area contributed by atoms with Gasteiger partial charge in [-0.15, -0.1) is 0 Å². The third-order valence-corrected chi connectivity index (χ3v) is 6.03. The van der Waals surface area contributed by atoms with Crippen molar-refractivity contribution < 1.29 is 14.4 Å². The number of rotatable bonds is 5. The highest BCUT2D eigenvalue weighted by Crippen LogP contribution is 2.22. The van der Waals surface area contributed by atoms with E-state index in [4.69, 9.17) is 0 Å². The molecule has 0 unspecified atom stereocenters. The van der Waals surface area contributed by atoms with Crippen LogP contribution >= 0.6 is 0 Å². The van der Waals surface area contributed by atoms with Gasteiger partial charge < -0.3 is 24.6 Å². The van der Waals surface area contributed by atoms with Crippen LogP contribution in [-0.2, 0) is 11.3 Å². The molecule has 33 heavy (non-hydrogen) atoms. The Balaban J connectivity index is 1.35. The Bertz CT molecular complexity index is 1170. The van der Waals surface area contributed by atoms with Gasteiger partial charge in [-0.1, -0.05) is 0 Å². The van der Waals surface area contributed by atoms with Gasteiger partial charge in [0.05, 0.1) is 0 Å². The summed E-state index contributed by atoms with van der Waals surface area (Å²) in [6, 6.07) is 15.1. The molecule has 0 atom stereocenters. The zero-order chi connectivity index (χ0) is 23.5. The number of nitrogens with one attached hydrogen (secondary N) is 1. The zero-order valence-corrected chi connectivity index (χ0v) is 19.2. The number of hydrogen-bond donors (Lipinski definition) is 1. The summed E-state index contributed by atoms with van der Waals surface area (Å²) in [6.07, 6.45) is 1.89. The van der Waals surface area contributed by atoms with Crippen LogP contribution in [0.2, 0.25) is 0 Å². The van der Waals surface area contributed by atoms with Gasteiger partial charge in [0.1, 0.15) is 6.54 Å². The van der Waals surface area contributed by atoms with Crippen LogP contribution in [0.5, 0.6) is 0 Å². The Hall–Kier alpha value is -3.81. The summed E-state index contributed by atoms with van der Waals surface area (Å²) in [5.41, 5.74) is 3.44. The lowest BCUT2D eigenvalue weighted by Gasteiger charge is -2.36. The predicted octanol–water partition coefficient (Wildman–Crippen LogP) is 3.29. The first-order valence-electron chi connectivity index (χ1n) is 11.0. The molecule has 0 aliphatic carbocycles. The molecule has 1 N–H and O–H groups in total. The van der Waals surface area contributed by atoms with E-state index >= 15 is 0 Å². The lowest BCUT2D eigenvalue weighted by Crippen LogP contribution is -2.50. The number of carbonyl (C=O) groups excluding carboxylic acids is 3. The second kappa shape index (κ2) is 9.36. The Morgan fingerprint density at radius 3 is 2.27 bits per heavy atom. The molecule has 172 valence electrons. The Kier molecular flexibility index (Phi) is 6.35. The Morgan fingerprint density at radius 1 is 0.939 bits per heavy atom. The minimum Gasteiger partial charge on any atom is -0.368 e. The highest BCUT2D eigenvalue weighted by Gasteiger charge is 2.21. The van der Waals surface area contributed by atoms with Gasteiger partial charge in [0.15, 0.2) is 5.78 Å². The first-order chi connectivity index (χ1) is 15.8. The van der Waals surface area contributed by atoms with E-state index in [0.717, 1.165) is 35.4 Å². The summed E-state index contributed by atoms with van der Waals surface area (Å²) in [7, 11) is 3.48. The number of ketones is 1. The summed E-state index contributed by atoms with van der Waals surface area (Å²) in [6.45, 7) is 4.54. The van der Waals surface area contributed by atoms with Crippen LogP contribution in [0.3, 0.4) is 0 Å². The standard InChI is InChI=1S/C25H29N5O3/c1-18(31)19-4-7-22(8-5-19)28-12-14-29(15-13-28)25(33)26-21-6-9-23-20(16-21)10-11-30(23)17-24(32)27(2)3/h4-11,16H,12-15,17H2,1-3H3,(H,26,33). The summed E-state index contributed by atoms with van der Waals surface area (Å²) in [4.78, 5) is 41.9. The molecular formula is C25H29N5O3. The molecule has 3 amide bonds. The number of hydrogen-bond acceptors (Lipinski definition) is 4. The molecular weight excluding hydrogens is 418 g/mol. The number of piperazine rings is 1. The average molecular weight is 448 g/mol. The van der Waals surface area contributed by atoms with Gasteiger partial charge in [-0.05, 0) is 55.5 Å². The molecule has 1 fully saturated rings. The van der Waals surface area contributed by atoms with Crippen molar-refractivity contribution in [3.8, 4) is 0 Å². The van der Waals surface area contributed by atoms with Crippen molar-refractivity contribution in [1.82, 2.24) is 14.4 Å². The van der Waals surface area contributed by atoms with E-state index in [1.54, 1.807) is 25.9 Å². The zero-order valence-electron chi connectivity index (χ0n) is 19.2. The number of fused-ring (bicyclic) bond motifs is 1. The van der Waals surface area contributed by atoms with Gasteiger partial charge in [-0.25, -0.2) is 4.79 Å². The maximum absolute atomic E-state index is 12.8. The summed E-state index contributed by atoms with van der Waals surface area (Å²) >= 11 is 0. The predicted molar refractivity (Wildman–Crippen MR) is 130 cm³/mol. The van der Waals surface area contributed by atoms with Crippen molar-refractivity contribution in [2.45, 2.75) is 13.5 Å². The molecule has 0 spiro atoms. The number of anilines is 2. The fraction of sp³-hybridized carbons (Fsp3) is 0.320. The quantitative estimate of drug-likeness (QED) is 0.609. The first-order valence-corrected chi connectivity index (χ1v) is 11.0. The van der Waals surface area contributed by atoms with Crippen molar-refractivity contribution in [2.75, 3.05) is 50.5 Å². The van der Waals surface area contributed by atoms with E-state index in [1.807, 2.05) is 64.2 Å². The summed E-state index contributed by atoms with van der Waals surface area (Å²) < 4.78 is 1.91. The van der Waals surface area contributed by atoms with Crippen LogP contribution < -0.4 is 10.2 Å². The maximum Gasteiger partial charge on any atom is 0.321 e. The smallest absolute Gasteiger partial charge is 0.321 e. The number of carbonyl (C=O) groups is 3. The van der Waals surface area contributed by atoms with Crippen molar-refractivity contribution in [3.05, 3.63) is 60.3 Å². The molecule has 1 aliphatic heterocycles. The maximum atomic E-state index is 12.8. The lowest BCUT2D eigenvalue weighted by molar-refractivity contribution is -0.129. The van der Waals surface area contributed by atoms with E-state index < -0.39 is 0 Å². The van der Waals surface area contributed by atoms with Crippen molar-refractivity contribution in [1.29, 1.82) is 0 Å². The largest absolute Gasteiger partial charge is 0.368 e. The minimum absolute atomic E-state index is 0.0267. The molecule has 0 radical (unpaired) electrons. The van der Waals surface area contributed by atoms with E-state index in [9.17, 15) is 14.4 Å². The molecule has 1 aromatic heterocycles. The number of Topliss-reactive ketones (excluding diaryl/α,β-unsaturated/α-hetero) is 1. The second-order valence-corrected chi connectivity index (χ2v) is 8.51. The summed E-state index contributed by atoms with van der Waals surface area (Å²) in [5.74, 6) is 0.0821. The second-order valence-electron chi connectivity index (χ2n) is 8.51. The Morgan fingerprint density at radius 2 is 1.64 bits per heavy atom. The molecule has 8 heteroatoms. The number of nitrogens with zero attached hydrogens (tertiary/aromatic N) is 4. The molecule has 0 saturated carbocycles. The van der Waals surface area contributed by atoms with E-state index in [2.05, 4.69) is 10.2 Å². The van der Waals surface area contributed by atoms with Crippen LogP contribution in [0, 0.1) is 0 Å². The fourth-order valence-corrected chi connectivity index (χ4v) is 3.98. The average Bonchev–Trinajstić information content (AvgIpc) is 3.21. The fourth-order valence-electron chi connectivity index (χ4n) is 3.98. The molecule has 2 aromatic carbocycles. The molecule has 1 aliphatic rings. The Labute approximate surface area is 193 Å². The number of benzene rings is 2. The van der Waals surface area contributed by atoms with Crippen molar-refractivity contribution >= 4 is 40.0 Å². The van der Waals surface area contributed by atoms with E-state index in [0.29, 0.717) is 18.7 Å². The summed E-state index contributed by atoms with van der Waals surface area (Å²) in [5, 5.41) is 3.96. The normalized spacial score (nSPS) is 13.8. The van der Waals surface area contributed by atoms with Crippen LogP contribution in [0.1, 0.15) is 17.3 Å². The first kappa shape index (κ1) is 22.4. The van der Waals surface area contributed by atoms with Gasteiger partial charge in [0.2, 0.25) is 5.91 Å². The molecule has 1 saturated heterocycles. The molecule has 8 nitrogen and oxygen atoms in total. The van der Waals surface area contributed by atoms with Crippen LogP contribution in [-0.4, -0.2) is 72.4 Å². The SMILES string of the molecule is CC(=O)c1ccc(N2CCN(C(=O)Nc3ccc4c(ccn4CC(=O)N(C)C)c3)CC2)cc1. The highest BCUT2D eigenvalue weighted by molar-refractivity contribution is 5.95.